The van der Waals surface area contributed by atoms with Crippen LogP contribution in [0.2, 0.25) is 5.02 Å². The van der Waals surface area contributed by atoms with Gasteiger partial charge in [-0.2, -0.15) is 11.8 Å². The minimum atomic E-state index is 0.231. The molecule has 1 N–H and O–H groups in total. The summed E-state index contributed by atoms with van der Waals surface area (Å²) in [6.07, 6.45) is 0. The second kappa shape index (κ2) is 6.55. The summed E-state index contributed by atoms with van der Waals surface area (Å²) in [6, 6.07) is 3.91. The summed E-state index contributed by atoms with van der Waals surface area (Å²) in [5, 5.41) is 9.57. The lowest BCUT2D eigenvalue weighted by Gasteiger charge is -2.20. The quantitative estimate of drug-likeness (QED) is 0.904. The Morgan fingerprint density at radius 3 is 2.94 bits per heavy atom. The normalized spacial score (nSPS) is 15.5. The Bertz CT molecular complexity index is 411. The Morgan fingerprint density at radius 1 is 1.39 bits per heavy atom. The first kappa shape index (κ1) is 13.8. The van der Waals surface area contributed by atoms with Crippen molar-refractivity contribution in [2.24, 2.45) is 5.92 Å². The molecule has 1 aliphatic rings. The molecule has 1 aromatic carbocycles. The van der Waals surface area contributed by atoms with Crippen LogP contribution in [0.25, 0.3) is 0 Å². The molecular formula is C13H17ClO3S. The molecule has 1 aromatic rings. The van der Waals surface area contributed by atoms with Gasteiger partial charge >= 0.3 is 0 Å². The fourth-order valence-corrected chi connectivity index (χ4v) is 2.99. The predicted molar refractivity (Wildman–Crippen MR) is 74.9 cm³/mol. The Balaban J connectivity index is 1.99. The topological polar surface area (TPSA) is 38.7 Å². The summed E-state index contributed by atoms with van der Waals surface area (Å²) < 4.78 is 11.0. The zero-order valence-corrected chi connectivity index (χ0v) is 11.9. The van der Waals surface area contributed by atoms with Crippen molar-refractivity contribution >= 4 is 23.4 Å². The molecule has 0 saturated heterocycles. The van der Waals surface area contributed by atoms with E-state index in [0.717, 1.165) is 22.8 Å². The van der Waals surface area contributed by atoms with Crippen LogP contribution in [0.1, 0.15) is 12.5 Å². The van der Waals surface area contributed by atoms with E-state index in [1.807, 2.05) is 19.1 Å². The lowest BCUT2D eigenvalue weighted by atomic mass is 10.2. The van der Waals surface area contributed by atoms with Crippen molar-refractivity contribution < 1.29 is 14.6 Å². The molecule has 1 atom stereocenters. The van der Waals surface area contributed by atoms with Crippen molar-refractivity contribution in [3.05, 3.63) is 22.7 Å². The molecule has 2 rings (SSSR count). The monoisotopic (exact) mass is 288 g/mol. The average Bonchev–Trinajstić information content (AvgIpc) is 2.38. The zero-order chi connectivity index (χ0) is 13.0. The lowest BCUT2D eigenvalue weighted by Crippen LogP contribution is -2.15. The van der Waals surface area contributed by atoms with E-state index in [2.05, 4.69) is 0 Å². The number of rotatable bonds is 5. The molecule has 0 aliphatic carbocycles. The highest BCUT2D eigenvalue weighted by molar-refractivity contribution is 7.98. The van der Waals surface area contributed by atoms with Crippen LogP contribution < -0.4 is 9.47 Å². The largest absolute Gasteiger partial charge is 0.486 e. The van der Waals surface area contributed by atoms with E-state index in [0.29, 0.717) is 29.9 Å². The Labute approximate surface area is 116 Å². The molecular weight excluding hydrogens is 272 g/mol. The van der Waals surface area contributed by atoms with Crippen LogP contribution in [0.3, 0.4) is 0 Å². The number of hydrogen-bond donors (Lipinski definition) is 1. The fraction of sp³-hybridized carbons (Fsp3) is 0.538. The maximum atomic E-state index is 8.96. The van der Waals surface area contributed by atoms with Gasteiger partial charge in [-0.05, 0) is 29.4 Å². The standard InChI is InChI=1S/C13H17ClO3S/c1-9(6-15)7-18-8-10-4-11(14)13-12(5-10)16-2-3-17-13/h4-5,9,15H,2-3,6-8H2,1H3. The molecule has 0 saturated carbocycles. The van der Waals surface area contributed by atoms with Gasteiger partial charge in [0.1, 0.15) is 13.2 Å². The third-order valence-electron chi connectivity index (χ3n) is 2.64. The maximum Gasteiger partial charge on any atom is 0.179 e. The van der Waals surface area contributed by atoms with Gasteiger partial charge in [0.15, 0.2) is 11.5 Å². The number of thioether (sulfide) groups is 1. The second-order valence-corrected chi connectivity index (χ2v) is 5.84. The summed E-state index contributed by atoms with van der Waals surface area (Å²) in [5.41, 5.74) is 1.12. The van der Waals surface area contributed by atoms with E-state index in [1.54, 1.807) is 11.8 Å². The van der Waals surface area contributed by atoms with Gasteiger partial charge in [0.2, 0.25) is 0 Å². The van der Waals surface area contributed by atoms with Gasteiger partial charge in [0.05, 0.1) is 5.02 Å². The molecule has 5 heteroatoms. The first-order valence-corrected chi connectivity index (χ1v) is 7.50. The highest BCUT2D eigenvalue weighted by Gasteiger charge is 2.16. The molecule has 0 spiro atoms. The summed E-state index contributed by atoms with van der Waals surface area (Å²) in [5.74, 6) is 3.51. The van der Waals surface area contributed by atoms with Gasteiger partial charge in [-0.3, -0.25) is 0 Å². The van der Waals surface area contributed by atoms with Gasteiger partial charge in [0.25, 0.3) is 0 Å². The van der Waals surface area contributed by atoms with Gasteiger partial charge in [-0.15, -0.1) is 0 Å². The minimum Gasteiger partial charge on any atom is -0.486 e. The summed E-state index contributed by atoms with van der Waals surface area (Å²) >= 11 is 7.95. The number of fused-ring (bicyclic) bond motifs is 1. The minimum absolute atomic E-state index is 0.231. The van der Waals surface area contributed by atoms with Crippen molar-refractivity contribution in [1.82, 2.24) is 0 Å². The highest BCUT2D eigenvalue weighted by atomic mass is 35.5. The van der Waals surface area contributed by atoms with E-state index >= 15 is 0 Å². The van der Waals surface area contributed by atoms with Crippen LogP contribution in [0.5, 0.6) is 11.5 Å². The van der Waals surface area contributed by atoms with Crippen LogP contribution in [-0.4, -0.2) is 30.7 Å². The number of aliphatic hydroxyl groups is 1. The summed E-state index contributed by atoms with van der Waals surface area (Å²) in [4.78, 5) is 0. The third kappa shape index (κ3) is 3.46. The van der Waals surface area contributed by atoms with E-state index in [-0.39, 0.29) is 6.61 Å². The van der Waals surface area contributed by atoms with Gasteiger partial charge < -0.3 is 14.6 Å². The zero-order valence-electron chi connectivity index (χ0n) is 10.3. The van der Waals surface area contributed by atoms with Crippen LogP contribution >= 0.6 is 23.4 Å². The van der Waals surface area contributed by atoms with Crippen LogP contribution in [0.15, 0.2) is 12.1 Å². The molecule has 0 amide bonds. The first-order valence-electron chi connectivity index (χ1n) is 5.97. The number of halogens is 1. The Hall–Kier alpha value is -0.580. The lowest BCUT2D eigenvalue weighted by molar-refractivity contribution is 0.171. The van der Waals surface area contributed by atoms with Crippen LogP contribution in [0, 0.1) is 5.92 Å². The summed E-state index contributed by atoms with van der Waals surface area (Å²) in [7, 11) is 0. The number of benzene rings is 1. The van der Waals surface area contributed by atoms with E-state index in [4.69, 9.17) is 26.2 Å². The molecule has 0 bridgehead atoms. The van der Waals surface area contributed by atoms with E-state index < -0.39 is 0 Å². The van der Waals surface area contributed by atoms with Crippen LogP contribution in [0.4, 0.5) is 0 Å². The number of aliphatic hydroxyl groups excluding tert-OH is 1. The van der Waals surface area contributed by atoms with Gasteiger partial charge in [-0.25, -0.2) is 0 Å². The molecule has 0 fully saturated rings. The van der Waals surface area contributed by atoms with E-state index in [1.165, 1.54) is 0 Å². The highest BCUT2D eigenvalue weighted by Crippen LogP contribution is 2.39. The molecule has 100 valence electrons. The molecule has 0 aromatic heterocycles. The Kier molecular flexibility index (Phi) is 5.03. The van der Waals surface area contributed by atoms with Crippen molar-refractivity contribution in [1.29, 1.82) is 0 Å². The molecule has 3 nitrogen and oxygen atoms in total. The van der Waals surface area contributed by atoms with Gasteiger partial charge in [-0.1, -0.05) is 18.5 Å². The second-order valence-electron chi connectivity index (χ2n) is 4.40. The van der Waals surface area contributed by atoms with Gasteiger partial charge in [0, 0.05) is 12.4 Å². The fourth-order valence-electron chi connectivity index (χ4n) is 1.68. The predicted octanol–water partition coefficient (Wildman–Crippen LogP) is 2.97. The van der Waals surface area contributed by atoms with Crippen molar-refractivity contribution in [3.63, 3.8) is 0 Å². The summed E-state index contributed by atoms with van der Waals surface area (Å²) in [6.45, 7) is 3.38. The van der Waals surface area contributed by atoms with Crippen molar-refractivity contribution in [3.8, 4) is 11.5 Å². The average molecular weight is 289 g/mol. The molecule has 1 unspecified atom stereocenters. The number of ether oxygens (including phenoxy) is 2. The van der Waals surface area contributed by atoms with Crippen molar-refractivity contribution in [2.45, 2.75) is 12.7 Å². The molecule has 1 heterocycles. The first-order chi connectivity index (χ1) is 8.70. The van der Waals surface area contributed by atoms with Crippen molar-refractivity contribution in [2.75, 3.05) is 25.6 Å². The molecule has 0 radical (unpaired) electrons. The third-order valence-corrected chi connectivity index (χ3v) is 4.26. The van der Waals surface area contributed by atoms with Crippen LogP contribution in [-0.2, 0) is 5.75 Å². The smallest absolute Gasteiger partial charge is 0.179 e. The molecule has 1 aliphatic heterocycles. The molecule has 18 heavy (non-hydrogen) atoms. The maximum absolute atomic E-state index is 8.96. The van der Waals surface area contributed by atoms with E-state index in [9.17, 15) is 0 Å². The number of hydrogen-bond acceptors (Lipinski definition) is 4. The Morgan fingerprint density at radius 2 is 2.17 bits per heavy atom. The SMILES string of the molecule is CC(CO)CSCc1cc(Cl)c2c(c1)OCCO2.